The number of anilines is 1. The highest BCUT2D eigenvalue weighted by atomic mass is 35.5. The average molecular weight is 632 g/mol. The van der Waals surface area contributed by atoms with Crippen LogP contribution in [0.3, 0.4) is 0 Å². The third kappa shape index (κ3) is 7.81. The van der Waals surface area contributed by atoms with Crippen LogP contribution in [0.5, 0.6) is 0 Å². The van der Waals surface area contributed by atoms with Gasteiger partial charge in [-0.25, -0.2) is 22.0 Å². The van der Waals surface area contributed by atoms with Gasteiger partial charge in [0.05, 0.1) is 30.0 Å². The Morgan fingerprint density at radius 3 is 2.40 bits per heavy atom. The van der Waals surface area contributed by atoms with Crippen LogP contribution in [0.2, 0.25) is 0 Å². The van der Waals surface area contributed by atoms with Gasteiger partial charge in [-0.05, 0) is 35.4 Å². The largest absolute Gasteiger partial charge is 0.324 e. The van der Waals surface area contributed by atoms with Crippen molar-refractivity contribution >= 4 is 33.4 Å². The van der Waals surface area contributed by atoms with Crippen LogP contribution in [0, 0.1) is 23.3 Å². The van der Waals surface area contributed by atoms with Crippen molar-refractivity contribution in [3.05, 3.63) is 94.8 Å². The molecule has 1 aliphatic heterocycles. The first kappa shape index (κ1) is 31.8. The third-order valence-corrected chi connectivity index (χ3v) is 8.57. The van der Waals surface area contributed by atoms with Crippen molar-refractivity contribution in [3.8, 4) is 0 Å². The molecule has 0 saturated carbocycles. The molecule has 1 fully saturated rings. The van der Waals surface area contributed by atoms with E-state index in [2.05, 4.69) is 20.3 Å². The Hall–Kier alpha value is -3.17. The van der Waals surface area contributed by atoms with Gasteiger partial charge in [0.25, 0.3) is 10.2 Å². The SMILES string of the molecule is O=C(CC(c1ccc(F)cc1)c1cc(F)cc(F)c1)Nc1cncc(F)c1[C@H]1CNCCN1S(=O)(=O)NC[C@H](F)CCl. The van der Waals surface area contributed by atoms with E-state index in [1.807, 2.05) is 0 Å². The zero-order chi connectivity index (χ0) is 30.4. The van der Waals surface area contributed by atoms with Crippen LogP contribution in [-0.4, -0.2) is 61.8 Å². The Morgan fingerprint density at radius 1 is 1.05 bits per heavy atom. The topological polar surface area (TPSA) is 103 Å². The molecule has 0 bridgehead atoms. The van der Waals surface area contributed by atoms with Crippen LogP contribution < -0.4 is 15.4 Å². The first-order valence-corrected chi connectivity index (χ1v) is 14.8. The number of nitrogens with one attached hydrogen (secondary N) is 3. The number of nitrogens with zero attached hydrogens (tertiary/aromatic N) is 2. The second-order valence-corrected chi connectivity index (χ2v) is 11.6. The van der Waals surface area contributed by atoms with E-state index in [4.69, 9.17) is 11.6 Å². The smallest absolute Gasteiger partial charge is 0.280 e. The van der Waals surface area contributed by atoms with E-state index < -0.39 is 76.4 Å². The third-order valence-electron chi connectivity index (χ3n) is 6.65. The minimum atomic E-state index is -4.31. The van der Waals surface area contributed by atoms with Gasteiger partial charge in [0.2, 0.25) is 5.91 Å². The molecule has 1 unspecified atom stereocenters. The Labute approximate surface area is 244 Å². The van der Waals surface area contributed by atoms with E-state index in [0.717, 1.165) is 41.0 Å². The highest BCUT2D eigenvalue weighted by molar-refractivity contribution is 7.87. The summed E-state index contributed by atoms with van der Waals surface area (Å²) in [6.45, 7) is -0.495. The van der Waals surface area contributed by atoms with Crippen molar-refractivity contribution in [1.29, 1.82) is 0 Å². The van der Waals surface area contributed by atoms with Gasteiger partial charge in [-0.2, -0.15) is 17.4 Å². The summed E-state index contributed by atoms with van der Waals surface area (Å²) >= 11 is 5.43. The van der Waals surface area contributed by atoms with Crippen LogP contribution in [0.25, 0.3) is 0 Å². The fourth-order valence-electron chi connectivity index (χ4n) is 4.72. The molecular formula is C27H27ClF5N5O3S. The standard InChI is InChI=1S/C27H27ClF5N5O3S/c28-11-21(32)12-36-42(40,41)38-6-5-34-15-25(38)27-23(33)13-35-14-24(27)37-26(39)10-22(16-1-3-18(29)4-2-16)17-7-19(30)9-20(31)8-17/h1-4,7-9,13-14,21-22,25,34,36H,5-6,10-12,15H2,(H,37,39)/t21-,22?,25-/m1/s1. The minimum absolute atomic E-state index is 0.0416. The number of aromatic nitrogens is 1. The van der Waals surface area contributed by atoms with Crippen molar-refractivity contribution in [2.24, 2.45) is 0 Å². The lowest BCUT2D eigenvalue weighted by molar-refractivity contribution is -0.116. The zero-order valence-electron chi connectivity index (χ0n) is 22.0. The molecule has 0 spiro atoms. The monoisotopic (exact) mass is 631 g/mol. The summed E-state index contributed by atoms with van der Waals surface area (Å²) in [5.41, 5.74) is 0.161. The van der Waals surface area contributed by atoms with Gasteiger partial charge in [0.15, 0.2) is 0 Å². The molecule has 2 heterocycles. The average Bonchev–Trinajstić information content (AvgIpc) is 2.95. The van der Waals surface area contributed by atoms with E-state index in [1.54, 1.807) is 0 Å². The van der Waals surface area contributed by atoms with Gasteiger partial charge in [-0.1, -0.05) is 12.1 Å². The molecule has 4 rings (SSSR count). The molecule has 0 radical (unpaired) electrons. The lowest BCUT2D eigenvalue weighted by atomic mass is 9.88. The Morgan fingerprint density at radius 2 is 1.74 bits per heavy atom. The minimum Gasteiger partial charge on any atom is -0.324 e. The van der Waals surface area contributed by atoms with Gasteiger partial charge >= 0.3 is 0 Å². The number of benzene rings is 2. The number of hydrogen-bond acceptors (Lipinski definition) is 5. The Kier molecular flexibility index (Phi) is 10.5. The summed E-state index contributed by atoms with van der Waals surface area (Å²) in [5.74, 6) is -5.28. The van der Waals surface area contributed by atoms with E-state index in [0.29, 0.717) is 11.6 Å². The van der Waals surface area contributed by atoms with Crippen LogP contribution in [-0.2, 0) is 15.0 Å². The first-order chi connectivity index (χ1) is 20.0. The maximum absolute atomic E-state index is 15.3. The molecule has 226 valence electrons. The highest BCUT2D eigenvalue weighted by Gasteiger charge is 2.37. The molecule has 8 nitrogen and oxygen atoms in total. The molecule has 2 aromatic carbocycles. The van der Waals surface area contributed by atoms with Crippen LogP contribution in [0.4, 0.5) is 27.6 Å². The van der Waals surface area contributed by atoms with E-state index in [1.165, 1.54) is 12.1 Å². The van der Waals surface area contributed by atoms with Gasteiger partial charge < -0.3 is 10.6 Å². The maximum Gasteiger partial charge on any atom is 0.280 e. The molecule has 15 heteroatoms. The zero-order valence-corrected chi connectivity index (χ0v) is 23.5. The summed E-state index contributed by atoms with van der Waals surface area (Å²) in [6.07, 6.45) is -0.0355. The Balaban J connectivity index is 1.63. The van der Waals surface area contributed by atoms with E-state index in [-0.39, 0.29) is 36.4 Å². The molecule has 3 aromatic rings. The summed E-state index contributed by atoms with van der Waals surface area (Å²) in [7, 11) is -4.31. The van der Waals surface area contributed by atoms with Gasteiger partial charge in [-0.15, -0.1) is 11.6 Å². The number of piperazine rings is 1. The van der Waals surface area contributed by atoms with Crippen LogP contribution in [0.15, 0.2) is 54.9 Å². The van der Waals surface area contributed by atoms with Crippen molar-refractivity contribution < 1.29 is 35.2 Å². The molecule has 1 aliphatic rings. The second kappa shape index (κ2) is 13.9. The van der Waals surface area contributed by atoms with Gasteiger partial charge in [-0.3, -0.25) is 9.78 Å². The van der Waals surface area contributed by atoms with Gasteiger partial charge in [0, 0.05) is 50.1 Å². The highest BCUT2D eigenvalue weighted by Crippen LogP contribution is 2.34. The van der Waals surface area contributed by atoms with E-state index >= 15 is 4.39 Å². The fourth-order valence-corrected chi connectivity index (χ4v) is 6.24. The molecule has 1 amide bonds. The number of rotatable bonds is 11. The lowest BCUT2D eigenvalue weighted by Gasteiger charge is -2.36. The van der Waals surface area contributed by atoms with Crippen molar-refractivity contribution in [2.45, 2.75) is 24.6 Å². The number of carbonyl (C=O) groups excluding carboxylic acids is 1. The quantitative estimate of drug-likeness (QED) is 0.218. The predicted octanol–water partition coefficient (Wildman–Crippen LogP) is 4.16. The second-order valence-electron chi connectivity index (χ2n) is 9.58. The summed E-state index contributed by atoms with van der Waals surface area (Å²) in [5, 5.41) is 5.52. The fraction of sp³-hybridized carbons (Fsp3) is 0.333. The molecular weight excluding hydrogens is 605 g/mol. The number of carbonyl (C=O) groups is 1. The van der Waals surface area contributed by atoms with Crippen molar-refractivity contribution in [2.75, 3.05) is 37.4 Å². The van der Waals surface area contributed by atoms with Crippen molar-refractivity contribution in [1.82, 2.24) is 19.3 Å². The van der Waals surface area contributed by atoms with Crippen molar-refractivity contribution in [3.63, 3.8) is 0 Å². The maximum atomic E-state index is 15.3. The number of pyridine rings is 1. The van der Waals surface area contributed by atoms with E-state index in [9.17, 15) is 30.8 Å². The molecule has 3 N–H and O–H groups in total. The molecule has 1 saturated heterocycles. The summed E-state index contributed by atoms with van der Waals surface area (Å²) < 4.78 is 99.8. The van der Waals surface area contributed by atoms with Crippen LogP contribution in [0.1, 0.15) is 35.1 Å². The molecule has 3 atom stereocenters. The number of halogens is 6. The number of hydrogen-bond donors (Lipinski definition) is 3. The molecule has 42 heavy (non-hydrogen) atoms. The number of alkyl halides is 2. The lowest BCUT2D eigenvalue weighted by Crippen LogP contribution is -2.53. The summed E-state index contributed by atoms with van der Waals surface area (Å²) in [6, 6.07) is 6.65. The molecule has 0 aliphatic carbocycles. The summed E-state index contributed by atoms with van der Waals surface area (Å²) in [4.78, 5) is 17.1. The Bertz CT molecular complexity index is 1500. The first-order valence-electron chi connectivity index (χ1n) is 12.8. The normalized spacial score (nSPS) is 17.5. The van der Waals surface area contributed by atoms with Gasteiger partial charge in [0.1, 0.15) is 29.4 Å². The number of amides is 1. The predicted molar refractivity (Wildman–Crippen MR) is 147 cm³/mol. The molecule has 1 aromatic heterocycles. The van der Waals surface area contributed by atoms with Crippen LogP contribution >= 0.6 is 11.6 Å².